The zero-order valence-corrected chi connectivity index (χ0v) is 9.06. The van der Waals surface area contributed by atoms with Gasteiger partial charge in [0, 0.05) is 6.08 Å². The second kappa shape index (κ2) is 3.22. The summed E-state index contributed by atoms with van der Waals surface area (Å²) in [7, 11) is -9.67. The molecule has 8 heteroatoms. The predicted octanol–water partition coefficient (Wildman–Crippen LogP) is 3.84. The molecule has 0 atom stereocenters. The zero-order valence-electron chi connectivity index (χ0n) is 8.25. The van der Waals surface area contributed by atoms with Crippen LogP contribution in [0.2, 0.25) is 0 Å². The quantitative estimate of drug-likeness (QED) is 0.659. The molecule has 96 valence electrons. The Kier molecular flexibility index (Phi) is 2.56. The molecule has 0 saturated heterocycles. The molecule has 0 aliphatic rings. The van der Waals surface area contributed by atoms with Gasteiger partial charge >= 0.3 is 10.2 Å². The van der Waals surface area contributed by atoms with E-state index in [1.807, 2.05) is 0 Å². The Bertz CT molecular complexity index is 493. The number of benzene rings is 1. The van der Waals surface area contributed by atoms with E-state index in [9.17, 15) is 24.2 Å². The Morgan fingerprint density at radius 1 is 1.18 bits per heavy atom. The van der Waals surface area contributed by atoms with Gasteiger partial charge in [-0.3, -0.25) is 4.79 Å². The number of hydrogen-bond acceptors (Lipinski definition) is 1. The summed E-state index contributed by atoms with van der Waals surface area (Å²) < 4.78 is 62.1. The van der Waals surface area contributed by atoms with Gasteiger partial charge in [0.1, 0.15) is 4.90 Å². The Hall–Kier alpha value is -1.57. The number of carbonyl (C=O) groups is 1. The molecular weight excluding hydrogens is 265 g/mol. The van der Waals surface area contributed by atoms with E-state index in [1.54, 1.807) is 0 Å². The molecule has 1 aromatic carbocycles. The fourth-order valence-electron chi connectivity index (χ4n) is 1.04. The molecule has 0 bridgehead atoms. The van der Waals surface area contributed by atoms with E-state index in [4.69, 9.17) is 5.73 Å². The van der Waals surface area contributed by atoms with Crippen molar-refractivity contribution in [3.8, 4) is 0 Å². The summed E-state index contributed by atoms with van der Waals surface area (Å²) in [5.41, 5.74) is 4.54. The maximum absolute atomic E-state index is 12.4. The molecule has 2 nitrogen and oxygen atoms in total. The molecule has 1 rings (SSSR count). The van der Waals surface area contributed by atoms with Crippen molar-refractivity contribution in [2.24, 2.45) is 5.73 Å². The lowest BCUT2D eigenvalue weighted by molar-refractivity contribution is -0.113. The van der Waals surface area contributed by atoms with Crippen LogP contribution in [0.3, 0.4) is 0 Å². The third-order valence-electron chi connectivity index (χ3n) is 1.74. The van der Waals surface area contributed by atoms with Gasteiger partial charge in [-0.25, -0.2) is 0 Å². The maximum atomic E-state index is 12.4. The van der Waals surface area contributed by atoms with E-state index in [-0.39, 0.29) is 17.7 Å². The molecule has 0 fully saturated rings. The zero-order chi connectivity index (χ0) is 13.4. The summed E-state index contributed by atoms with van der Waals surface area (Å²) in [4.78, 5) is 8.35. The molecule has 0 unspecified atom stereocenters. The van der Waals surface area contributed by atoms with E-state index in [0.29, 0.717) is 0 Å². The minimum atomic E-state index is -9.67. The van der Waals surface area contributed by atoms with Gasteiger partial charge in [-0.15, -0.1) is 0 Å². The highest BCUT2D eigenvalue weighted by atomic mass is 32.5. The second-order valence-electron chi connectivity index (χ2n) is 3.28. The lowest BCUT2D eigenvalue weighted by Gasteiger charge is -2.40. The normalized spacial score (nSPS) is 16.5. The van der Waals surface area contributed by atoms with E-state index in [0.717, 1.165) is 24.3 Å². The molecule has 2 N–H and O–H groups in total. The molecule has 17 heavy (non-hydrogen) atoms. The van der Waals surface area contributed by atoms with Crippen LogP contribution in [0.5, 0.6) is 0 Å². The average molecular weight is 273 g/mol. The molecule has 0 spiro atoms. The van der Waals surface area contributed by atoms with Gasteiger partial charge in [0.2, 0.25) is 5.91 Å². The first-order valence-corrected chi connectivity index (χ1v) is 6.15. The standard InChI is InChI=1S/C9H8F5NOS/c10-17(11,12,13,14)8-3-1-2-7(6-8)4-5-9(15)16/h1-6H,(H2,15,16). The SMILES string of the molecule is NC(=O)C=Cc1cccc(S(F)(F)(F)(F)F)c1. The minimum Gasteiger partial charge on any atom is -0.366 e. The molecule has 1 aromatic rings. The van der Waals surface area contributed by atoms with Gasteiger partial charge < -0.3 is 5.73 Å². The second-order valence-corrected chi connectivity index (χ2v) is 5.69. The lowest BCUT2D eigenvalue weighted by Crippen LogP contribution is -2.06. The molecule has 0 aliphatic carbocycles. The van der Waals surface area contributed by atoms with Crippen LogP contribution >= 0.6 is 10.2 Å². The van der Waals surface area contributed by atoms with Crippen molar-refractivity contribution in [1.29, 1.82) is 0 Å². The van der Waals surface area contributed by atoms with Crippen LogP contribution in [0, 0.1) is 0 Å². The van der Waals surface area contributed by atoms with Gasteiger partial charge in [-0.2, -0.15) is 0 Å². The molecule has 0 radical (unpaired) electrons. The number of primary amides is 1. The topological polar surface area (TPSA) is 43.1 Å². The Morgan fingerprint density at radius 2 is 1.76 bits per heavy atom. The summed E-state index contributed by atoms with van der Waals surface area (Å²) in [6.07, 6.45) is 1.71. The van der Waals surface area contributed by atoms with Crippen molar-refractivity contribution in [2.45, 2.75) is 4.90 Å². The highest BCUT2D eigenvalue weighted by molar-refractivity contribution is 8.45. The average Bonchev–Trinajstić information content (AvgIpc) is 2.12. The first-order chi connectivity index (χ1) is 7.38. The lowest BCUT2D eigenvalue weighted by atomic mass is 10.2. The van der Waals surface area contributed by atoms with Crippen LogP contribution in [0.15, 0.2) is 35.2 Å². The van der Waals surface area contributed by atoms with Crippen LogP contribution in [0.25, 0.3) is 6.08 Å². The van der Waals surface area contributed by atoms with E-state index < -0.39 is 21.0 Å². The van der Waals surface area contributed by atoms with E-state index in [1.165, 1.54) is 0 Å². The fraction of sp³-hybridized carbons (Fsp3) is 0. The van der Waals surface area contributed by atoms with Crippen molar-refractivity contribution in [3.63, 3.8) is 0 Å². The maximum Gasteiger partial charge on any atom is 0.310 e. The first-order valence-electron chi connectivity index (χ1n) is 4.20. The number of nitrogens with two attached hydrogens (primary N) is 1. The molecule has 1 amide bonds. The third-order valence-corrected chi connectivity index (χ3v) is 2.89. The molecular formula is C9H8F5NOS. The van der Waals surface area contributed by atoms with Crippen molar-refractivity contribution >= 4 is 22.2 Å². The highest BCUT2D eigenvalue weighted by Crippen LogP contribution is 3.02. The largest absolute Gasteiger partial charge is 0.366 e. The van der Waals surface area contributed by atoms with Crippen LogP contribution in [0.4, 0.5) is 19.4 Å². The Labute approximate surface area is 93.6 Å². The summed E-state index contributed by atoms with van der Waals surface area (Å²) in [6.45, 7) is 0. The van der Waals surface area contributed by atoms with Crippen LogP contribution in [0.1, 0.15) is 5.56 Å². The number of halogens is 5. The van der Waals surface area contributed by atoms with Crippen molar-refractivity contribution < 1.29 is 24.2 Å². The van der Waals surface area contributed by atoms with Crippen LogP contribution in [-0.4, -0.2) is 5.91 Å². The number of hydrogen-bond donors (Lipinski definition) is 1. The van der Waals surface area contributed by atoms with Gasteiger partial charge in [-0.1, -0.05) is 31.6 Å². The van der Waals surface area contributed by atoms with Gasteiger partial charge in [0.15, 0.2) is 0 Å². The summed E-state index contributed by atoms with van der Waals surface area (Å²) >= 11 is 0. The number of carbonyl (C=O) groups excluding carboxylic acids is 1. The predicted molar refractivity (Wildman–Crippen MR) is 56.1 cm³/mol. The van der Waals surface area contributed by atoms with Crippen LogP contribution < -0.4 is 5.73 Å². The molecule has 0 saturated carbocycles. The first kappa shape index (κ1) is 13.5. The van der Waals surface area contributed by atoms with Gasteiger partial charge in [0.25, 0.3) is 0 Å². The summed E-state index contributed by atoms with van der Waals surface area (Å²) in [5.74, 6) is -0.886. The summed E-state index contributed by atoms with van der Waals surface area (Å²) in [5, 5.41) is 0. The number of amides is 1. The van der Waals surface area contributed by atoms with Gasteiger partial charge in [0.05, 0.1) is 0 Å². The molecule has 0 heterocycles. The third kappa shape index (κ3) is 4.06. The Balaban J connectivity index is 3.25. The fourth-order valence-corrected chi connectivity index (χ4v) is 1.73. The van der Waals surface area contributed by atoms with Crippen molar-refractivity contribution in [1.82, 2.24) is 0 Å². The Morgan fingerprint density at radius 3 is 2.24 bits per heavy atom. The van der Waals surface area contributed by atoms with E-state index in [2.05, 4.69) is 0 Å². The number of rotatable bonds is 3. The van der Waals surface area contributed by atoms with Gasteiger partial charge in [-0.05, 0) is 23.8 Å². The molecule has 0 aliphatic heterocycles. The summed E-state index contributed by atoms with van der Waals surface area (Å²) in [6, 6.07) is 2.52. The van der Waals surface area contributed by atoms with E-state index >= 15 is 0 Å². The van der Waals surface area contributed by atoms with Crippen molar-refractivity contribution in [2.75, 3.05) is 0 Å². The van der Waals surface area contributed by atoms with Crippen LogP contribution in [-0.2, 0) is 4.79 Å². The smallest absolute Gasteiger partial charge is 0.310 e. The minimum absolute atomic E-state index is 0.186. The molecule has 0 aromatic heterocycles. The van der Waals surface area contributed by atoms with Crippen molar-refractivity contribution in [3.05, 3.63) is 35.9 Å². The highest BCUT2D eigenvalue weighted by Gasteiger charge is 2.65. The monoisotopic (exact) mass is 273 g/mol.